The first-order chi connectivity index (χ1) is 14.7. The lowest BCUT2D eigenvalue weighted by molar-refractivity contribution is -0.128. The van der Waals surface area contributed by atoms with Crippen LogP contribution in [0.25, 0.3) is 0 Å². The summed E-state index contributed by atoms with van der Waals surface area (Å²) in [5.74, 6) is 1.23. The van der Waals surface area contributed by atoms with Crippen molar-refractivity contribution < 1.29 is 19.1 Å². The van der Waals surface area contributed by atoms with Crippen LogP contribution in [0.1, 0.15) is 5.56 Å². The number of nitrogens with zero attached hydrogens (tertiary/aromatic N) is 2. The SMILES string of the molecule is O=C1Nc2ccccc2SC1=CC(=O)N1CCN(Cc2ccc3c(c2)OCO3)CC1. The summed E-state index contributed by atoms with van der Waals surface area (Å²) in [6.45, 7) is 3.91. The largest absolute Gasteiger partial charge is 0.454 e. The fourth-order valence-corrected chi connectivity index (χ4v) is 4.65. The maximum Gasteiger partial charge on any atom is 0.262 e. The van der Waals surface area contributed by atoms with Crippen LogP contribution in [-0.4, -0.2) is 54.6 Å². The standard InChI is InChI=1S/C22H21N3O4S/c26-21(12-20-22(27)23-16-3-1-2-4-19(16)30-20)25-9-7-24(8-10-25)13-15-5-6-17-18(11-15)29-14-28-17/h1-6,11-12H,7-10,13-14H2,(H,23,27). The molecule has 2 amide bonds. The number of amides is 2. The Morgan fingerprint density at radius 2 is 1.87 bits per heavy atom. The van der Waals surface area contributed by atoms with Crippen LogP contribution >= 0.6 is 11.8 Å². The number of anilines is 1. The number of hydrogen-bond acceptors (Lipinski definition) is 6. The van der Waals surface area contributed by atoms with E-state index < -0.39 is 0 Å². The Balaban J connectivity index is 1.18. The Bertz CT molecular complexity index is 1030. The molecule has 0 aromatic heterocycles. The highest BCUT2D eigenvalue weighted by Crippen LogP contribution is 2.37. The van der Waals surface area contributed by atoms with Gasteiger partial charge in [0.2, 0.25) is 12.7 Å². The normalized spacial score (nSPS) is 19.5. The Morgan fingerprint density at radius 3 is 2.73 bits per heavy atom. The van der Waals surface area contributed by atoms with E-state index in [2.05, 4.69) is 10.2 Å². The summed E-state index contributed by atoms with van der Waals surface area (Å²) in [6.07, 6.45) is 1.46. The number of thioether (sulfide) groups is 1. The van der Waals surface area contributed by atoms with E-state index in [-0.39, 0.29) is 18.6 Å². The van der Waals surface area contributed by atoms with E-state index in [0.29, 0.717) is 18.0 Å². The van der Waals surface area contributed by atoms with Gasteiger partial charge in [-0.2, -0.15) is 0 Å². The zero-order valence-corrected chi connectivity index (χ0v) is 17.1. The van der Waals surface area contributed by atoms with E-state index in [4.69, 9.17) is 9.47 Å². The molecule has 3 aliphatic rings. The molecule has 0 unspecified atom stereocenters. The molecule has 8 heteroatoms. The van der Waals surface area contributed by atoms with Gasteiger partial charge < -0.3 is 19.7 Å². The summed E-state index contributed by atoms with van der Waals surface area (Å²) in [6, 6.07) is 13.6. The van der Waals surface area contributed by atoms with Crippen LogP contribution in [0.2, 0.25) is 0 Å². The summed E-state index contributed by atoms with van der Waals surface area (Å²) >= 11 is 1.34. The summed E-state index contributed by atoms with van der Waals surface area (Å²) in [5.41, 5.74) is 1.95. The first-order valence-corrected chi connectivity index (χ1v) is 10.7. The van der Waals surface area contributed by atoms with E-state index in [1.807, 2.05) is 42.5 Å². The maximum absolute atomic E-state index is 12.7. The molecule has 7 nitrogen and oxygen atoms in total. The molecule has 0 bridgehead atoms. The first kappa shape index (κ1) is 19.0. The molecule has 2 aromatic rings. The number of para-hydroxylation sites is 1. The Labute approximate surface area is 178 Å². The van der Waals surface area contributed by atoms with Gasteiger partial charge in [0.05, 0.1) is 10.6 Å². The minimum Gasteiger partial charge on any atom is -0.454 e. The molecule has 1 N–H and O–H groups in total. The molecule has 3 aliphatic heterocycles. The molecular weight excluding hydrogens is 402 g/mol. The van der Waals surface area contributed by atoms with Gasteiger partial charge in [-0.05, 0) is 29.8 Å². The fraction of sp³-hybridized carbons (Fsp3) is 0.273. The van der Waals surface area contributed by atoms with Crippen LogP contribution in [0, 0.1) is 0 Å². The Morgan fingerprint density at radius 1 is 1.07 bits per heavy atom. The number of rotatable bonds is 3. The second-order valence-corrected chi connectivity index (χ2v) is 8.43. The highest BCUT2D eigenvalue weighted by atomic mass is 32.2. The van der Waals surface area contributed by atoms with Gasteiger partial charge >= 0.3 is 0 Å². The van der Waals surface area contributed by atoms with Gasteiger partial charge in [0, 0.05) is 43.7 Å². The lowest BCUT2D eigenvalue weighted by Gasteiger charge is -2.34. The molecule has 154 valence electrons. The third-order valence-corrected chi connectivity index (χ3v) is 6.46. The van der Waals surface area contributed by atoms with Crippen molar-refractivity contribution in [3.05, 3.63) is 59.0 Å². The average Bonchev–Trinajstić information content (AvgIpc) is 3.23. The van der Waals surface area contributed by atoms with Crippen LogP contribution in [-0.2, 0) is 16.1 Å². The van der Waals surface area contributed by atoms with Crippen molar-refractivity contribution in [2.24, 2.45) is 0 Å². The van der Waals surface area contributed by atoms with Gasteiger partial charge in [0.1, 0.15) is 0 Å². The zero-order valence-electron chi connectivity index (χ0n) is 16.3. The third-order valence-electron chi connectivity index (χ3n) is 5.36. The first-order valence-electron chi connectivity index (χ1n) is 9.85. The van der Waals surface area contributed by atoms with Gasteiger partial charge in [0.25, 0.3) is 5.91 Å². The van der Waals surface area contributed by atoms with E-state index in [0.717, 1.165) is 47.3 Å². The molecule has 0 spiro atoms. The van der Waals surface area contributed by atoms with Crippen molar-refractivity contribution in [1.29, 1.82) is 0 Å². The van der Waals surface area contributed by atoms with Crippen LogP contribution < -0.4 is 14.8 Å². The molecule has 5 rings (SSSR count). The van der Waals surface area contributed by atoms with Gasteiger partial charge in [0.15, 0.2) is 11.5 Å². The molecule has 2 aromatic carbocycles. The van der Waals surface area contributed by atoms with Gasteiger partial charge in [-0.25, -0.2) is 0 Å². The number of benzene rings is 2. The predicted molar refractivity (Wildman–Crippen MR) is 113 cm³/mol. The topological polar surface area (TPSA) is 71.1 Å². The molecule has 30 heavy (non-hydrogen) atoms. The molecule has 0 aliphatic carbocycles. The molecule has 0 saturated carbocycles. The van der Waals surface area contributed by atoms with Gasteiger partial charge in [-0.15, -0.1) is 0 Å². The predicted octanol–water partition coefficient (Wildman–Crippen LogP) is 2.69. The Hall–Kier alpha value is -2.97. The monoisotopic (exact) mass is 423 g/mol. The smallest absolute Gasteiger partial charge is 0.262 e. The van der Waals surface area contributed by atoms with E-state index in [1.54, 1.807) is 4.90 Å². The van der Waals surface area contributed by atoms with E-state index in [1.165, 1.54) is 17.8 Å². The minimum atomic E-state index is -0.228. The van der Waals surface area contributed by atoms with Crippen molar-refractivity contribution in [3.63, 3.8) is 0 Å². The number of hydrogen-bond donors (Lipinski definition) is 1. The van der Waals surface area contributed by atoms with Crippen molar-refractivity contribution >= 4 is 29.3 Å². The number of nitrogens with one attached hydrogen (secondary N) is 1. The fourth-order valence-electron chi connectivity index (χ4n) is 3.73. The van der Waals surface area contributed by atoms with Crippen molar-refractivity contribution in [2.45, 2.75) is 11.4 Å². The quantitative estimate of drug-likeness (QED) is 0.766. The minimum absolute atomic E-state index is 0.116. The van der Waals surface area contributed by atoms with Crippen molar-refractivity contribution in [2.75, 3.05) is 38.3 Å². The summed E-state index contributed by atoms with van der Waals surface area (Å²) in [4.78, 5) is 30.5. The van der Waals surface area contributed by atoms with Crippen LogP contribution in [0.5, 0.6) is 11.5 Å². The second-order valence-electron chi connectivity index (χ2n) is 7.35. The zero-order chi connectivity index (χ0) is 20.5. The second kappa shape index (κ2) is 8.04. The van der Waals surface area contributed by atoms with Crippen LogP contribution in [0.4, 0.5) is 5.69 Å². The van der Waals surface area contributed by atoms with Gasteiger partial charge in [-0.1, -0.05) is 30.0 Å². The Kier molecular flexibility index (Phi) is 5.10. The lowest BCUT2D eigenvalue weighted by atomic mass is 10.1. The van der Waals surface area contributed by atoms with Crippen LogP contribution in [0.3, 0.4) is 0 Å². The number of fused-ring (bicyclic) bond motifs is 2. The molecule has 0 atom stereocenters. The van der Waals surface area contributed by atoms with E-state index >= 15 is 0 Å². The summed E-state index contributed by atoms with van der Waals surface area (Å²) in [5, 5.41) is 2.84. The highest BCUT2D eigenvalue weighted by Gasteiger charge is 2.25. The highest BCUT2D eigenvalue weighted by molar-refractivity contribution is 8.04. The summed E-state index contributed by atoms with van der Waals surface area (Å²) < 4.78 is 10.8. The number of carbonyl (C=O) groups is 2. The number of ether oxygens (including phenoxy) is 2. The molecule has 0 radical (unpaired) electrons. The van der Waals surface area contributed by atoms with E-state index in [9.17, 15) is 9.59 Å². The molecule has 1 saturated heterocycles. The number of piperazine rings is 1. The maximum atomic E-state index is 12.7. The molecule has 1 fully saturated rings. The summed E-state index contributed by atoms with van der Waals surface area (Å²) in [7, 11) is 0. The van der Waals surface area contributed by atoms with Crippen molar-refractivity contribution in [1.82, 2.24) is 9.80 Å². The van der Waals surface area contributed by atoms with Crippen molar-refractivity contribution in [3.8, 4) is 11.5 Å². The lowest BCUT2D eigenvalue weighted by Crippen LogP contribution is -2.48. The number of carbonyl (C=O) groups excluding carboxylic acids is 2. The third kappa shape index (κ3) is 3.88. The molecule has 3 heterocycles. The average molecular weight is 423 g/mol. The van der Waals surface area contributed by atoms with Crippen LogP contribution in [0.15, 0.2) is 58.3 Å². The molecular formula is C22H21N3O4S. The van der Waals surface area contributed by atoms with Gasteiger partial charge in [-0.3, -0.25) is 14.5 Å².